The summed E-state index contributed by atoms with van der Waals surface area (Å²) in [5.41, 5.74) is 0.827. The fourth-order valence-electron chi connectivity index (χ4n) is 3.06. The number of sulfone groups is 2. The molecule has 2 aromatic carbocycles. The molecule has 0 N–H and O–H groups in total. The minimum Gasteiger partial charge on any atom is -0.308 e. The molecule has 0 fully saturated rings. The number of hydrogen-bond acceptors (Lipinski definition) is 8. The summed E-state index contributed by atoms with van der Waals surface area (Å²) in [4.78, 5) is 21.8. The molecule has 0 atom stereocenters. The van der Waals surface area contributed by atoms with E-state index in [1.54, 1.807) is 38.1 Å². The first-order valence-corrected chi connectivity index (χ1v) is 14.5. The Morgan fingerprint density at radius 1 is 1.00 bits per heavy atom. The van der Waals surface area contributed by atoms with E-state index in [4.69, 9.17) is 0 Å². The molecule has 1 amide bonds. The lowest BCUT2D eigenvalue weighted by atomic mass is 10.2. The Bertz CT molecular complexity index is 1390. The Labute approximate surface area is 198 Å². The van der Waals surface area contributed by atoms with E-state index >= 15 is 0 Å². The zero-order chi connectivity index (χ0) is 24.6. The third kappa shape index (κ3) is 5.60. The minimum atomic E-state index is -3.54. The Morgan fingerprint density at radius 2 is 1.70 bits per heavy atom. The van der Waals surface area contributed by atoms with Gasteiger partial charge in [-0.3, -0.25) is 9.69 Å². The van der Waals surface area contributed by atoms with Crippen LogP contribution in [0.25, 0.3) is 10.2 Å². The first-order chi connectivity index (χ1) is 15.3. The van der Waals surface area contributed by atoms with Gasteiger partial charge in [-0.25, -0.2) is 21.8 Å². The van der Waals surface area contributed by atoms with Gasteiger partial charge in [0.2, 0.25) is 0 Å². The van der Waals surface area contributed by atoms with E-state index in [1.165, 1.54) is 34.4 Å². The molecule has 3 aromatic rings. The number of hydrogen-bond donors (Lipinski definition) is 0. The monoisotopic (exact) mass is 509 g/mol. The molecule has 1 heterocycles. The van der Waals surface area contributed by atoms with Gasteiger partial charge in [-0.1, -0.05) is 17.4 Å². The lowest BCUT2D eigenvalue weighted by molar-refractivity contribution is 0.0985. The van der Waals surface area contributed by atoms with Crippen molar-refractivity contribution in [2.24, 2.45) is 0 Å². The molecular weight excluding hydrogens is 482 g/mol. The van der Waals surface area contributed by atoms with Crippen LogP contribution in [0.15, 0.2) is 52.3 Å². The van der Waals surface area contributed by atoms with Crippen molar-refractivity contribution in [3.05, 3.63) is 48.0 Å². The Morgan fingerprint density at radius 3 is 2.30 bits per heavy atom. The summed E-state index contributed by atoms with van der Waals surface area (Å²) in [5.74, 6) is -0.375. The smallest absolute Gasteiger partial charge is 0.260 e. The number of likely N-dealkylation sites (N-methyl/N-ethyl adjacent to an activating group) is 1. The SMILES string of the molecule is CC(C)S(=O)(=O)c1cccc(C(=O)N(CCN(C)C)c2nc3ccc(S(C)(=O)=O)cc3s2)c1. The molecule has 1 aromatic heterocycles. The first-order valence-electron chi connectivity index (χ1n) is 10.2. The molecule has 8 nitrogen and oxygen atoms in total. The van der Waals surface area contributed by atoms with Crippen LogP contribution in [0.4, 0.5) is 5.13 Å². The molecule has 0 aliphatic carbocycles. The number of benzene rings is 2. The fraction of sp³-hybridized carbons (Fsp3) is 0.364. The highest BCUT2D eigenvalue weighted by Gasteiger charge is 2.25. The summed E-state index contributed by atoms with van der Waals surface area (Å²) in [5, 5.41) is -0.194. The zero-order valence-electron chi connectivity index (χ0n) is 19.1. The van der Waals surface area contributed by atoms with Crippen LogP contribution in [0.5, 0.6) is 0 Å². The summed E-state index contributed by atoms with van der Waals surface area (Å²) >= 11 is 1.22. The standard InChI is InChI=1S/C22H27N3O5S3/c1-15(2)33(29,30)18-8-6-7-16(13-18)21(26)25(12-11-24(3)4)22-23-19-10-9-17(32(5,27)28)14-20(19)31-22/h6-10,13-15H,11-12H2,1-5H3. The average molecular weight is 510 g/mol. The molecule has 0 aliphatic heterocycles. The molecule has 0 saturated heterocycles. The topological polar surface area (TPSA) is 105 Å². The second-order valence-electron chi connectivity index (χ2n) is 8.28. The quantitative estimate of drug-likeness (QED) is 0.459. The van der Waals surface area contributed by atoms with Crippen molar-refractivity contribution in [3.8, 4) is 0 Å². The van der Waals surface area contributed by atoms with Crippen molar-refractivity contribution in [1.29, 1.82) is 0 Å². The molecular formula is C22H27N3O5S3. The van der Waals surface area contributed by atoms with Crippen molar-refractivity contribution in [2.75, 3.05) is 38.3 Å². The number of amides is 1. The molecule has 178 valence electrons. The summed E-state index contributed by atoms with van der Waals surface area (Å²) in [6, 6.07) is 10.7. The van der Waals surface area contributed by atoms with Crippen LogP contribution in [0, 0.1) is 0 Å². The summed E-state index contributed by atoms with van der Waals surface area (Å²) < 4.78 is 49.7. The number of thiazole rings is 1. The van der Waals surface area contributed by atoms with Gasteiger partial charge < -0.3 is 4.90 Å². The number of anilines is 1. The van der Waals surface area contributed by atoms with Gasteiger partial charge in [0.25, 0.3) is 5.91 Å². The van der Waals surface area contributed by atoms with E-state index in [0.717, 1.165) is 6.26 Å². The van der Waals surface area contributed by atoms with Gasteiger partial charge in [-0.15, -0.1) is 0 Å². The Hall–Kier alpha value is -2.34. The van der Waals surface area contributed by atoms with Crippen LogP contribution in [0.2, 0.25) is 0 Å². The van der Waals surface area contributed by atoms with Gasteiger partial charge in [0.1, 0.15) is 0 Å². The second kappa shape index (κ2) is 9.49. The largest absolute Gasteiger partial charge is 0.308 e. The number of rotatable bonds is 8. The van der Waals surface area contributed by atoms with E-state index in [9.17, 15) is 21.6 Å². The van der Waals surface area contributed by atoms with Crippen LogP contribution in [0.3, 0.4) is 0 Å². The molecule has 0 unspecified atom stereocenters. The lowest BCUT2D eigenvalue weighted by Gasteiger charge is -2.22. The van der Waals surface area contributed by atoms with Gasteiger partial charge in [0.15, 0.2) is 24.8 Å². The third-order valence-corrected chi connectivity index (χ3v) is 9.36. The number of fused-ring (bicyclic) bond motifs is 1. The van der Waals surface area contributed by atoms with Crippen LogP contribution in [-0.2, 0) is 19.7 Å². The van der Waals surface area contributed by atoms with E-state index in [1.807, 2.05) is 19.0 Å². The van der Waals surface area contributed by atoms with Crippen LogP contribution < -0.4 is 4.90 Å². The highest BCUT2D eigenvalue weighted by Crippen LogP contribution is 2.31. The van der Waals surface area contributed by atoms with Gasteiger partial charge in [0.05, 0.1) is 25.3 Å². The van der Waals surface area contributed by atoms with Gasteiger partial charge in [0, 0.05) is 24.9 Å². The van der Waals surface area contributed by atoms with Crippen molar-refractivity contribution in [1.82, 2.24) is 9.88 Å². The molecule has 3 rings (SSSR count). The summed E-state index contributed by atoms with van der Waals surface area (Å²) in [7, 11) is -3.15. The maximum atomic E-state index is 13.5. The van der Waals surface area contributed by atoms with Gasteiger partial charge in [-0.05, 0) is 64.3 Å². The second-order valence-corrected chi connectivity index (χ2v) is 13.8. The van der Waals surface area contributed by atoms with E-state index < -0.39 is 24.9 Å². The third-order valence-electron chi connectivity index (χ3n) is 5.05. The number of carbonyl (C=O) groups excluding carboxylic acids is 1. The molecule has 0 spiro atoms. The zero-order valence-corrected chi connectivity index (χ0v) is 21.6. The average Bonchev–Trinajstić information content (AvgIpc) is 3.15. The minimum absolute atomic E-state index is 0.0954. The fourth-order valence-corrected chi connectivity index (χ4v) is 5.91. The van der Waals surface area contributed by atoms with Crippen molar-refractivity contribution < 1.29 is 21.6 Å². The van der Waals surface area contributed by atoms with E-state index in [2.05, 4.69) is 4.98 Å². The van der Waals surface area contributed by atoms with Crippen LogP contribution in [-0.4, -0.2) is 71.3 Å². The highest BCUT2D eigenvalue weighted by molar-refractivity contribution is 7.92. The normalized spacial score (nSPS) is 12.6. The molecule has 0 saturated carbocycles. The predicted octanol–water partition coefficient (Wildman–Crippen LogP) is 3.09. The molecule has 11 heteroatoms. The first kappa shape index (κ1) is 25.3. The van der Waals surface area contributed by atoms with Crippen LogP contribution in [0.1, 0.15) is 24.2 Å². The summed E-state index contributed by atoms with van der Waals surface area (Å²) in [6.45, 7) is 4.07. The van der Waals surface area contributed by atoms with Crippen molar-refractivity contribution in [3.63, 3.8) is 0 Å². The molecule has 0 bridgehead atoms. The maximum Gasteiger partial charge on any atom is 0.260 e. The Kier molecular flexibility index (Phi) is 7.27. The van der Waals surface area contributed by atoms with Gasteiger partial charge in [-0.2, -0.15) is 0 Å². The number of carbonyl (C=O) groups is 1. The molecule has 33 heavy (non-hydrogen) atoms. The van der Waals surface area contributed by atoms with E-state index in [0.29, 0.717) is 28.4 Å². The highest BCUT2D eigenvalue weighted by atomic mass is 32.2. The lowest BCUT2D eigenvalue weighted by Crippen LogP contribution is -2.36. The molecule has 0 radical (unpaired) electrons. The van der Waals surface area contributed by atoms with Crippen LogP contribution >= 0.6 is 11.3 Å². The van der Waals surface area contributed by atoms with Crippen molar-refractivity contribution in [2.45, 2.75) is 28.9 Å². The van der Waals surface area contributed by atoms with Crippen molar-refractivity contribution >= 4 is 52.3 Å². The van der Waals surface area contributed by atoms with E-state index in [-0.39, 0.29) is 21.3 Å². The Balaban J connectivity index is 2.06. The maximum absolute atomic E-state index is 13.5. The van der Waals surface area contributed by atoms with Gasteiger partial charge >= 0.3 is 0 Å². The number of aromatic nitrogens is 1. The molecule has 0 aliphatic rings. The number of nitrogens with zero attached hydrogens (tertiary/aromatic N) is 3. The summed E-state index contributed by atoms with van der Waals surface area (Å²) in [6.07, 6.45) is 1.14. The predicted molar refractivity (Wildman–Crippen MR) is 132 cm³/mol.